The highest BCUT2D eigenvalue weighted by Crippen LogP contribution is 2.27. The zero-order chi connectivity index (χ0) is 16.1. The molecule has 0 heterocycles. The fourth-order valence-corrected chi connectivity index (χ4v) is 2.84. The Balaban J connectivity index is 1.90. The van der Waals surface area contributed by atoms with Crippen LogP contribution in [0.25, 0.3) is 0 Å². The second kappa shape index (κ2) is 7.52. The number of carbonyl (C=O) groups excluding carboxylic acids is 1. The van der Waals surface area contributed by atoms with E-state index in [2.05, 4.69) is 10.6 Å². The van der Waals surface area contributed by atoms with Gasteiger partial charge in [0.1, 0.15) is 0 Å². The molecule has 2 aromatic rings. The summed E-state index contributed by atoms with van der Waals surface area (Å²) in [6.07, 6.45) is 0.674. The Morgan fingerprint density at radius 1 is 1.09 bits per heavy atom. The number of carbonyl (C=O) groups is 1. The average Bonchev–Trinajstić information content (AvgIpc) is 2.45. The van der Waals surface area contributed by atoms with Crippen molar-refractivity contribution < 1.29 is 4.79 Å². The van der Waals surface area contributed by atoms with Crippen LogP contribution in [0.5, 0.6) is 0 Å². The monoisotopic (exact) mass is 336 g/mol. The second-order valence-corrected chi connectivity index (χ2v) is 5.98. The minimum Gasteiger partial charge on any atom is -0.338 e. The lowest BCUT2D eigenvalue weighted by molar-refractivity contribution is 0.252. The van der Waals surface area contributed by atoms with Crippen LogP contribution in [0.2, 0.25) is 10.0 Å². The number of halogens is 2. The molecule has 5 heteroatoms. The summed E-state index contributed by atoms with van der Waals surface area (Å²) in [6.45, 7) is 4.38. The first-order valence-corrected chi connectivity index (χ1v) is 7.78. The highest BCUT2D eigenvalue weighted by atomic mass is 35.5. The predicted octanol–water partition coefficient (Wildman–Crippen LogP) is 4.97. The van der Waals surface area contributed by atoms with E-state index in [9.17, 15) is 4.79 Å². The Bertz CT molecular complexity index is 663. The van der Waals surface area contributed by atoms with Crippen molar-refractivity contribution >= 4 is 34.9 Å². The fourth-order valence-electron chi connectivity index (χ4n) is 2.24. The number of hydrogen-bond acceptors (Lipinski definition) is 1. The maximum atomic E-state index is 12.0. The molecule has 0 aliphatic carbocycles. The molecule has 0 aliphatic rings. The Hall–Kier alpha value is -1.71. The van der Waals surface area contributed by atoms with Gasteiger partial charge in [0, 0.05) is 11.6 Å². The molecule has 0 aromatic heterocycles. The molecule has 3 nitrogen and oxygen atoms in total. The van der Waals surface area contributed by atoms with Gasteiger partial charge in [-0.1, -0.05) is 47.5 Å². The van der Waals surface area contributed by atoms with Crippen LogP contribution in [-0.4, -0.2) is 12.6 Å². The number of rotatable bonds is 4. The minimum absolute atomic E-state index is 0.277. The van der Waals surface area contributed by atoms with Crippen molar-refractivity contribution in [2.24, 2.45) is 0 Å². The largest absolute Gasteiger partial charge is 0.338 e. The van der Waals surface area contributed by atoms with Gasteiger partial charge in [0.05, 0.1) is 10.7 Å². The van der Waals surface area contributed by atoms with Crippen LogP contribution in [-0.2, 0) is 6.42 Å². The number of benzene rings is 2. The van der Waals surface area contributed by atoms with Gasteiger partial charge >= 0.3 is 6.03 Å². The van der Waals surface area contributed by atoms with Gasteiger partial charge in [0.15, 0.2) is 0 Å². The molecule has 0 atom stereocenters. The van der Waals surface area contributed by atoms with Gasteiger partial charge < -0.3 is 10.6 Å². The van der Waals surface area contributed by atoms with Gasteiger partial charge in [0.25, 0.3) is 0 Å². The van der Waals surface area contributed by atoms with Crippen LogP contribution in [0, 0.1) is 13.8 Å². The van der Waals surface area contributed by atoms with Gasteiger partial charge in [-0.2, -0.15) is 0 Å². The van der Waals surface area contributed by atoms with Crippen molar-refractivity contribution in [1.82, 2.24) is 5.32 Å². The first-order valence-electron chi connectivity index (χ1n) is 7.02. The Morgan fingerprint density at radius 2 is 1.82 bits per heavy atom. The van der Waals surface area contributed by atoms with Gasteiger partial charge in [-0.25, -0.2) is 4.79 Å². The molecule has 0 unspecified atom stereocenters. The van der Waals surface area contributed by atoms with E-state index in [1.165, 1.54) is 0 Å². The molecule has 2 rings (SSSR count). The zero-order valence-corrected chi connectivity index (χ0v) is 14.1. The quantitative estimate of drug-likeness (QED) is 0.812. The molecule has 0 saturated heterocycles. The fraction of sp³-hybridized carbons (Fsp3) is 0.235. The van der Waals surface area contributed by atoms with Crippen LogP contribution >= 0.6 is 23.2 Å². The summed E-state index contributed by atoms with van der Waals surface area (Å²) in [5.41, 5.74) is 3.65. The normalized spacial score (nSPS) is 10.4. The minimum atomic E-state index is -0.277. The summed E-state index contributed by atoms with van der Waals surface area (Å²) in [5.74, 6) is 0. The summed E-state index contributed by atoms with van der Waals surface area (Å²) >= 11 is 12.2. The van der Waals surface area contributed by atoms with Crippen LogP contribution in [0.1, 0.15) is 16.7 Å². The number of anilines is 1. The third-order valence-corrected chi connectivity index (χ3v) is 3.97. The van der Waals surface area contributed by atoms with Crippen LogP contribution in [0.4, 0.5) is 10.5 Å². The zero-order valence-electron chi connectivity index (χ0n) is 12.5. The van der Waals surface area contributed by atoms with E-state index in [-0.39, 0.29) is 6.03 Å². The summed E-state index contributed by atoms with van der Waals surface area (Å²) in [5, 5.41) is 6.85. The summed E-state index contributed by atoms with van der Waals surface area (Å²) in [4.78, 5) is 12.0. The maximum Gasteiger partial charge on any atom is 0.319 e. The molecule has 0 aliphatic heterocycles. The summed E-state index contributed by atoms with van der Waals surface area (Å²) < 4.78 is 0. The topological polar surface area (TPSA) is 41.1 Å². The smallest absolute Gasteiger partial charge is 0.319 e. The molecular weight excluding hydrogens is 319 g/mol. The molecule has 0 bridgehead atoms. The van der Waals surface area contributed by atoms with Crippen molar-refractivity contribution in [1.29, 1.82) is 0 Å². The van der Waals surface area contributed by atoms with Gasteiger partial charge in [-0.3, -0.25) is 0 Å². The molecule has 22 heavy (non-hydrogen) atoms. The van der Waals surface area contributed by atoms with E-state index in [4.69, 9.17) is 23.2 Å². The van der Waals surface area contributed by atoms with Gasteiger partial charge in [0.2, 0.25) is 0 Å². The molecule has 0 radical (unpaired) electrons. The van der Waals surface area contributed by atoms with E-state index < -0.39 is 0 Å². The number of aryl methyl sites for hydroxylation is 2. The molecule has 0 saturated carbocycles. The Labute approximate surface area is 140 Å². The van der Waals surface area contributed by atoms with E-state index in [1.807, 2.05) is 50.2 Å². The molecule has 2 N–H and O–H groups in total. The standard InChI is InChI=1S/C17H18Cl2N2O/c1-11-9-12(2)16(15(19)10-11)21-17(22)20-8-7-13-5-3-4-6-14(13)18/h3-6,9-10H,7-8H2,1-2H3,(H2,20,21,22). The van der Waals surface area contributed by atoms with Crippen molar-refractivity contribution in [2.45, 2.75) is 20.3 Å². The van der Waals surface area contributed by atoms with Gasteiger partial charge in [-0.15, -0.1) is 0 Å². The first-order chi connectivity index (χ1) is 10.5. The number of hydrogen-bond donors (Lipinski definition) is 2. The SMILES string of the molecule is Cc1cc(C)c(NC(=O)NCCc2ccccc2Cl)c(Cl)c1. The summed E-state index contributed by atoms with van der Waals surface area (Å²) in [6, 6.07) is 11.1. The number of nitrogens with one attached hydrogen (secondary N) is 2. The molecule has 2 amide bonds. The third-order valence-electron chi connectivity index (χ3n) is 3.31. The van der Waals surface area contributed by atoms with Crippen molar-refractivity contribution in [2.75, 3.05) is 11.9 Å². The van der Waals surface area contributed by atoms with Crippen molar-refractivity contribution in [3.8, 4) is 0 Å². The number of urea groups is 1. The van der Waals surface area contributed by atoms with Crippen LogP contribution in [0.3, 0.4) is 0 Å². The lowest BCUT2D eigenvalue weighted by Gasteiger charge is -2.12. The molecule has 116 valence electrons. The Kier molecular flexibility index (Phi) is 5.69. The lowest BCUT2D eigenvalue weighted by Crippen LogP contribution is -2.30. The number of amides is 2. The van der Waals surface area contributed by atoms with E-state index in [0.29, 0.717) is 28.7 Å². The van der Waals surface area contributed by atoms with Crippen LogP contribution < -0.4 is 10.6 Å². The molecular formula is C17H18Cl2N2O. The van der Waals surface area contributed by atoms with E-state index in [0.717, 1.165) is 16.7 Å². The first kappa shape index (κ1) is 16.7. The highest BCUT2D eigenvalue weighted by molar-refractivity contribution is 6.34. The highest BCUT2D eigenvalue weighted by Gasteiger charge is 2.09. The van der Waals surface area contributed by atoms with Crippen molar-refractivity contribution in [3.05, 3.63) is 63.1 Å². The summed E-state index contributed by atoms with van der Waals surface area (Å²) in [7, 11) is 0. The van der Waals surface area contributed by atoms with Crippen molar-refractivity contribution in [3.63, 3.8) is 0 Å². The molecule has 2 aromatic carbocycles. The van der Waals surface area contributed by atoms with Gasteiger partial charge in [-0.05, 0) is 49.1 Å². The average molecular weight is 337 g/mol. The van der Waals surface area contributed by atoms with E-state index >= 15 is 0 Å². The molecule has 0 spiro atoms. The maximum absolute atomic E-state index is 12.0. The second-order valence-electron chi connectivity index (χ2n) is 5.16. The van der Waals surface area contributed by atoms with E-state index in [1.54, 1.807) is 0 Å². The lowest BCUT2D eigenvalue weighted by atomic mass is 10.1. The third kappa shape index (κ3) is 4.39. The molecule has 0 fully saturated rings. The Morgan fingerprint density at radius 3 is 2.50 bits per heavy atom. The van der Waals surface area contributed by atoms with Crippen LogP contribution in [0.15, 0.2) is 36.4 Å². The predicted molar refractivity (Wildman–Crippen MR) is 93.1 cm³/mol.